The first kappa shape index (κ1) is 8.06. The molecule has 0 N–H and O–H groups in total. The fraction of sp³-hybridized carbons (Fsp3) is 0.300. The summed E-state index contributed by atoms with van der Waals surface area (Å²) in [5.74, 6) is -0.201. The summed E-state index contributed by atoms with van der Waals surface area (Å²) in [6.45, 7) is 0. The molecule has 0 amide bonds. The predicted octanol–water partition coefficient (Wildman–Crippen LogP) is 2.24. The monoisotopic (exact) mass is 177 g/mol. The minimum absolute atomic E-state index is 0.156. The van der Waals surface area contributed by atoms with Gasteiger partial charge < -0.3 is 4.74 Å². The SMILES string of the molecule is N#Cc1ccc(F)c(OC2CC2)c1. The maximum absolute atomic E-state index is 13.1. The zero-order valence-corrected chi connectivity index (χ0v) is 6.96. The lowest BCUT2D eigenvalue weighted by molar-refractivity contribution is 0.287. The first-order valence-corrected chi connectivity index (χ1v) is 4.16. The van der Waals surface area contributed by atoms with Gasteiger partial charge in [-0.3, -0.25) is 0 Å². The van der Waals surface area contributed by atoms with Crippen LogP contribution in [0.25, 0.3) is 0 Å². The molecule has 13 heavy (non-hydrogen) atoms. The van der Waals surface area contributed by atoms with Gasteiger partial charge in [0.2, 0.25) is 0 Å². The molecule has 0 aromatic heterocycles. The van der Waals surface area contributed by atoms with E-state index in [0.29, 0.717) is 5.56 Å². The molecule has 2 rings (SSSR count). The lowest BCUT2D eigenvalue weighted by atomic mass is 10.2. The minimum Gasteiger partial charge on any atom is -0.487 e. The van der Waals surface area contributed by atoms with E-state index in [1.807, 2.05) is 6.07 Å². The molecule has 66 valence electrons. The van der Waals surface area contributed by atoms with E-state index in [-0.39, 0.29) is 11.9 Å². The molecular weight excluding hydrogens is 169 g/mol. The number of benzene rings is 1. The first-order valence-electron chi connectivity index (χ1n) is 4.16. The predicted molar refractivity (Wildman–Crippen MR) is 44.8 cm³/mol. The Kier molecular flexibility index (Phi) is 1.90. The van der Waals surface area contributed by atoms with E-state index in [9.17, 15) is 4.39 Å². The Bertz CT molecular complexity index is 366. The summed E-state index contributed by atoms with van der Waals surface area (Å²) >= 11 is 0. The second kappa shape index (κ2) is 3.06. The molecule has 0 bridgehead atoms. The van der Waals surface area contributed by atoms with Crippen molar-refractivity contribution in [1.29, 1.82) is 5.26 Å². The van der Waals surface area contributed by atoms with Crippen LogP contribution in [0, 0.1) is 17.1 Å². The molecule has 1 aromatic rings. The van der Waals surface area contributed by atoms with Crippen molar-refractivity contribution in [2.45, 2.75) is 18.9 Å². The first-order chi connectivity index (χ1) is 6.29. The van der Waals surface area contributed by atoms with Gasteiger partial charge in [0.05, 0.1) is 17.7 Å². The highest BCUT2D eigenvalue weighted by molar-refractivity contribution is 5.37. The molecule has 3 heteroatoms. The number of nitrogens with zero attached hydrogens (tertiary/aromatic N) is 1. The number of hydrogen-bond donors (Lipinski definition) is 0. The molecule has 1 saturated carbocycles. The Morgan fingerprint density at radius 2 is 2.23 bits per heavy atom. The molecule has 0 atom stereocenters. The molecule has 0 radical (unpaired) electrons. The number of halogens is 1. The van der Waals surface area contributed by atoms with Gasteiger partial charge in [0, 0.05) is 6.07 Å². The third-order valence-electron chi connectivity index (χ3n) is 1.88. The van der Waals surface area contributed by atoms with Crippen LogP contribution in [0.15, 0.2) is 18.2 Å². The minimum atomic E-state index is -0.397. The number of hydrogen-bond acceptors (Lipinski definition) is 2. The van der Waals surface area contributed by atoms with Crippen LogP contribution in [0.5, 0.6) is 5.75 Å². The van der Waals surface area contributed by atoms with Gasteiger partial charge in [-0.2, -0.15) is 5.26 Å². The van der Waals surface area contributed by atoms with Crippen LogP contribution in [0.3, 0.4) is 0 Å². The summed E-state index contributed by atoms with van der Waals surface area (Å²) in [6, 6.07) is 6.08. The molecule has 1 aromatic carbocycles. The summed E-state index contributed by atoms with van der Waals surface area (Å²) in [5.41, 5.74) is 0.428. The Morgan fingerprint density at radius 1 is 1.46 bits per heavy atom. The van der Waals surface area contributed by atoms with E-state index in [0.717, 1.165) is 12.8 Å². The molecule has 0 heterocycles. The molecule has 0 saturated heterocycles. The fourth-order valence-corrected chi connectivity index (χ4v) is 1.03. The van der Waals surface area contributed by atoms with E-state index in [4.69, 9.17) is 10.00 Å². The average Bonchev–Trinajstić information content (AvgIpc) is 2.93. The highest BCUT2D eigenvalue weighted by atomic mass is 19.1. The van der Waals surface area contributed by atoms with Crippen molar-refractivity contribution in [3.8, 4) is 11.8 Å². The van der Waals surface area contributed by atoms with Gasteiger partial charge in [-0.15, -0.1) is 0 Å². The zero-order valence-electron chi connectivity index (χ0n) is 6.96. The molecular formula is C10H8FNO. The third-order valence-corrected chi connectivity index (χ3v) is 1.88. The largest absolute Gasteiger partial charge is 0.487 e. The molecule has 1 aliphatic carbocycles. The lowest BCUT2D eigenvalue weighted by Gasteiger charge is -2.04. The standard InChI is InChI=1S/C10H8FNO/c11-9-4-1-7(6-12)5-10(9)13-8-2-3-8/h1,4-5,8H,2-3H2. The summed E-state index contributed by atoms with van der Waals surface area (Å²) in [4.78, 5) is 0. The van der Waals surface area contributed by atoms with E-state index in [1.165, 1.54) is 18.2 Å². The summed E-state index contributed by atoms with van der Waals surface area (Å²) in [5, 5.41) is 8.57. The second-order valence-electron chi connectivity index (χ2n) is 3.07. The number of rotatable bonds is 2. The van der Waals surface area contributed by atoms with Gasteiger partial charge in [0.25, 0.3) is 0 Å². The van der Waals surface area contributed by atoms with Crippen molar-refractivity contribution in [1.82, 2.24) is 0 Å². The van der Waals surface area contributed by atoms with Crippen LogP contribution >= 0.6 is 0 Å². The molecule has 2 nitrogen and oxygen atoms in total. The van der Waals surface area contributed by atoms with Crippen molar-refractivity contribution in [2.75, 3.05) is 0 Å². The molecule has 1 fully saturated rings. The quantitative estimate of drug-likeness (QED) is 0.694. The van der Waals surface area contributed by atoms with Gasteiger partial charge in [-0.1, -0.05) is 0 Å². The van der Waals surface area contributed by atoms with Crippen LogP contribution in [0.1, 0.15) is 18.4 Å². The van der Waals surface area contributed by atoms with Crippen molar-refractivity contribution in [2.24, 2.45) is 0 Å². The Balaban J connectivity index is 2.25. The van der Waals surface area contributed by atoms with Crippen molar-refractivity contribution in [3.63, 3.8) is 0 Å². The summed E-state index contributed by atoms with van der Waals surface area (Å²) in [7, 11) is 0. The maximum atomic E-state index is 13.1. The fourth-order valence-electron chi connectivity index (χ4n) is 1.03. The molecule has 1 aliphatic rings. The highest BCUT2D eigenvalue weighted by Gasteiger charge is 2.24. The van der Waals surface area contributed by atoms with E-state index < -0.39 is 5.82 Å². The molecule has 0 unspecified atom stereocenters. The molecule has 0 aliphatic heterocycles. The van der Waals surface area contributed by atoms with Gasteiger partial charge in [0.15, 0.2) is 11.6 Å². The van der Waals surface area contributed by atoms with Crippen molar-refractivity contribution < 1.29 is 9.13 Å². The van der Waals surface area contributed by atoms with Gasteiger partial charge in [-0.05, 0) is 25.0 Å². The van der Waals surface area contributed by atoms with Crippen LogP contribution in [0.4, 0.5) is 4.39 Å². The average molecular weight is 177 g/mol. The van der Waals surface area contributed by atoms with E-state index in [1.54, 1.807) is 0 Å². The highest BCUT2D eigenvalue weighted by Crippen LogP contribution is 2.28. The van der Waals surface area contributed by atoms with Crippen LogP contribution in [-0.2, 0) is 0 Å². The maximum Gasteiger partial charge on any atom is 0.165 e. The van der Waals surface area contributed by atoms with Crippen molar-refractivity contribution >= 4 is 0 Å². The van der Waals surface area contributed by atoms with Gasteiger partial charge in [0.1, 0.15) is 0 Å². The Morgan fingerprint density at radius 3 is 2.85 bits per heavy atom. The lowest BCUT2D eigenvalue weighted by Crippen LogP contribution is -1.98. The van der Waals surface area contributed by atoms with Crippen LogP contribution < -0.4 is 4.74 Å². The third kappa shape index (κ3) is 1.78. The van der Waals surface area contributed by atoms with E-state index >= 15 is 0 Å². The second-order valence-corrected chi connectivity index (χ2v) is 3.07. The van der Waals surface area contributed by atoms with Crippen LogP contribution in [-0.4, -0.2) is 6.10 Å². The molecule has 0 spiro atoms. The summed E-state index contributed by atoms with van der Waals surface area (Å²) < 4.78 is 18.3. The Hall–Kier alpha value is -1.56. The van der Waals surface area contributed by atoms with Gasteiger partial charge >= 0.3 is 0 Å². The van der Waals surface area contributed by atoms with Crippen molar-refractivity contribution in [3.05, 3.63) is 29.6 Å². The summed E-state index contributed by atoms with van der Waals surface area (Å²) in [6.07, 6.45) is 2.12. The Labute approximate surface area is 75.6 Å². The zero-order chi connectivity index (χ0) is 9.26. The number of nitriles is 1. The topological polar surface area (TPSA) is 33.0 Å². The van der Waals surface area contributed by atoms with E-state index in [2.05, 4.69) is 0 Å². The van der Waals surface area contributed by atoms with Gasteiger partial charge in [-0.25, -0.2) is 4.39 Å². The number of ether oxygens (including phenoxy) is 1. The smallest absolute Gasteiger partial charge is 0.165 e. The van der Waals surface area contributed by atoms with Crippen LogP contribution in [0.2, 0.25) is 0 Å². The normalized spacial score (nSPS) is 15.1.